The Morgan fingerprint density at radius 1 is 0.800 bits per heavy atom. The summed E-state index contributed by atoms with van der Waals surface area (Å²) in [6.07, 6.45) is -4.26. The molecule has 492 valence electrons. The number of aromatic nitrogens is 2. The maximum absolute atomic E-state index is 14.4. The first-order valence-corrected chi connectivity index (χ1v) is 32.1. The molecule has 0 spiro atoms. The van der Waals surface area contributed by atoms with Gasteiger partial charge in [0.2, 0.25) is 41.4 Å². The molecule has 2 saturated heterocycles. The fraction of sp³-hybridized carbons (Fsp3) is 0.629. The van der Waals surface area contributed by atoms with Crippen molar-refractivity contribution < 1.29 is 67.0 Å². The maximum Gasteiger partial charge on any atom is 0.472 e. The molecule has 0 saturated carbocycles. The number of nitrogens with one attached hydrogen (secondary N) is 2. The van der Waals surface area contributed by atoms with E-state index in [1.165, 1.54) is 13.3 Å². The van der Waals surface area contributed by atoms with Gasteiger partial charge < -0.3 is 69.4 Å². The van der Waals surface area contributed by atoms with Gasteiger partial charge in [-0.05, 0) is 108 Å². The highest BCUT2D eigenvalue weighted by molar-refractivity contribution is 7.47. The summed E-state index contributed by atoms with van der Waals surface area (Å²) < 4.78 is 32.3. The molecule has 7 amide bonds. The molecule has 27 nitrogen and oxygen atoms in total. The van der Waals surface area contributed by atoms with Crippen LogP contribution in [0.4, 0.5) is 0 Å². The number of hydrogen-bond acceptors (Lipinski definition) is 18. The molecule has 8 rings (SSSR count). The van der Waals surface area contributed by atoms with Gasteiger partial charge in [0.05, 0.1) is 41.7 Å². The highest BCUT2D eigenvalue weighted by Gasteiger charge is 2.66. The number of fused-ring (bicyclic) bond motifs is 7. The normalized spacial score (nSPS) is 34.2. The molecule has 0 radical (unpaired) electrons. The van der Waals surface area contributed by atoms with E-state index in [2.05, 4.69) is 15.6 Å². The zero-order chi connectivity index (χ0) is 66.7. The number of imidazole rings is 1. The monoisotopic (exact) mass is 1270 g/mol. The van der Waals surface area contributed by atoms with Crippen LogP contribution in [-0.4, -0.2) is 132 Å². The summed E-state index contributed by atoms with van der Waals surface area (Å²) >= 11 is 0. The van der Waals surface area contributed by atoms with Crippen LogP contribution in [-0.2, 0) is 51.9 Å². The van der Waals surface area contributed by atoms with Crippen molar-refractivity contribution in [1.82, 2.24) is 20.2 Å². The molecule has 8 bridgehead atoms. The summed E-state index contributed by atoms with van der Waals surface area (Å²) in [5.74, 6) is -7.18. The van der Waals surface area contributed by atoms with E-state index < -0.39 is 143 Å². The Morgan fingerprint density at radius 2 is 1.40 bits per heavy atom. The van der Waals surface area contributed by atoms with Gasteiger partial charge in [0.25, 0.3) is 0 Å². The number of phosphoric acid groups is 1. The summed E-state index contributed by atoms with van der Waals surface area (Å²) in [7, 11) is -5.07. The summed E-state index contributed by atoms with van der Waals surface area (Å²) in [5.41, 5.74) is 37.4. The van der Waals surface area contributed by atoms with Gasteiger partial charge in [-0.1, -0.05) is 34.6 Å². The van der Waals surface area contributed by atoms with Gasteiger partial charge in [0.1, 0.15) is 18.3 Å². The van der Waals surface area contributed by atoms with E-state index in [0.29, 0.717) is 56.4 Å². The van der Waals surface area contributed by atoms with E-state index in [-0.39, 0.29) is 77.2 Å². The molecular formula is C62H90N13O14P. The Balaban J connectivity index is 1.19. The Labute approximate surface area is 523 Å². The van der Waals surface area contributed by atoms with Crippen molar-refractivity contribution in [3.8, 4) is 0 Å². The molecule has 15 atom stereocenters. The first-order chi connectivity index (χ1) is 41.8. The molecule has 7 heterocycles. The van der Waals surface area contributed by atoms with Crippen LogP contribution in [0.1, 0.15) is 150 Å². The number of phosphoric ester groups is 1. The molecule has 1 unspecified atom stereocenters. The number of aliphatic hydroxyl groups excluding tert-OH is 2. The van der Waals surface area contributed by atoms with Gasteiger partial charge in [-0.25, -0.2) is 9.55 Å². The van der Waals surface area contributed by atoms with Crippen LogP contribution in [0, 0.1) is 59.2 Å². The standard InChI is InChI=1S/C62H90N13O14P/c1-29-20-39-40(21-30(29)2)75(28-70-39)57-52(84)53(41(27-76)87-57)89-90(85,86)88-31(3)26-69-49(83)18-19-59(8)37(22-46(66)80)56-62(11)61(10,25-48(68)82)36(14-17-45(65)79)51(74-62)33(5)55-60(9,24-47(67)81)34(12-15-43(63)77)38(71-55)23-42-58(6,7)35(13-16-44(64)78)50(72-42)32(4)54(59)73-56/h20-21,23,28,31,34-37,41,52-53,56-57,71,76,84H,12-19,22,24-27H2,1-11H3,(H2,63,77)(H2,64,78)(H2,65,79)(H2,66,80)(H2,67,81)(H2,68,82)(H,69,83)(H,85,86)/b38-23-,50-32-,55-33-/t31-,34-,35-,36-,37+,41-,52-,53-,56-,57+,59-,60+,61+,62-/m1/s1. The molecule has 90 heavy (non-hydrogen) atoms. The van der Waals surface area contributed by atoms with E-state index >= 15 is 0 Å². The first-order valence-electron chi connectivity index (χ1n) is 30.6. The quantitative estimate of drug-likeness (QED) is 0.0603. The number of ether oxygens (including phenoxy) is 1. The van der Waals surface area contributed by atoms with Gasteiger partial charge in [0, 0.05) is 131 Å². The second-order valence-corrected chi connectivity index (χ2v) is 28.4. The van der Waals surface area contributed by atoms with E-state index in [1.807, 2.05) is 87.4 Å². The first kappa shape index (κ1) is 68.9. The summed E-state index contributed by atoms with van der Waals surface area (Å²) in [5, 5.41) is 28.2. The van der Waals surface area contributed by atoms with E-state index in [4.69, 9.17) is 63.2 Å². The zero-order valence-electron chi connectivity index (χ0n) is 53.3. The van der Waals surface area contributed by atoms with E-state index in [1.54, 1.807) is 4.57 Å². The molecule has 6 aliphatic heterocycles. The SMILES string of the molecule is C/C1=C2N=C(/C=C3\N/C(=C(/C)C4=N[C@](C)([C@@H]5N=C1[C@](C)(CCC(=O)NC[C@@H](C)OP(=O)(O)O[C@H]1[C@@H](O)[C@@H](n6cnc7cc(C)c(C)cc76)O[C@@H]1CO)[C@H]5CC(N)=O)[C@@](C)(CC(N)=O)[C@@H]4CCC(N)=O)[C@@](C)(CC(N)=O)[C@@H]3CCC(N)=O)C(C)(C)[C@@H]/2CCC(N)=O. The van der Waals surface area contributed by atoms with Gasteiger partial charge in [0.15, 0.2) is 6.23 Å². The van der Waals surface area contributed by atoms with Crippen LogP contribution in [0.15, 0.2) is 67.8 Å². The summed E-state index contributed by atoms with van der Waals surface area (Å²) in [6, 6.07) is 2.70. The number of nitrogens with two attached hydrogens (primary N) is 6. The predicted molar refractivity (Wildman–Crippen MR) is 334 cm³/mol. The molecule has 6 aliphatic rings. The van der Waals surface area contributed by atoms with E-state index in [9.17, 15) is 53.2 Å². The van der Waals surface area contributed by atoms with Crippen molar-refractivity contribution in [3.63, 3.8) is 0 Å². The number of amides is 7. The van der Waals surface area contributed by atoms with Crippen molar-refractivity contribution >= 4 is 77.3 Å². The average Bonchev–Trinajstić information content (AvgIpc) is 1.53. The third-order valence-corrected chi connectivity index (χ3v) is 21.7. The van der Waals surface area contributed by atoms with Crippen LogP contribution in [0.5, 0.6) is 0 Å². The zero-order valence-corrected chi connectivity index (χ0v) is 54.1. The minimum absolute atomic E-state index is 0.0114. The minimum atomic E-state index is -5.07. The van der Waals surface area contributed by atoms with Gasteiger partial charge in [-0.2, -0.15) is 0 Å². The lowest BCUT2D eigenvalue weighted by Gasteiger charge is -2.48. The van der Waals surface area contributed by atoms with Crippen LogP contribution >= 0.6 is 7.82 Å². The lowest BCUT2D eigenvalue weighted by atomic mass is 9.55. The molecular weight excluding hydrogens is 1180 g/mol. The number of allylic oxidation sites excluding steroid dienone is 6. The van der Waals surface area contributed by atoms with Crippen LogP contribution in [0.25, 0.3) is 11.0 Å². The molecule has 2 aromatic rings. The fourth-order valence-corrected chi connectivity index (χ4v) is 16.6. The van der Waals surface area contributed by atoms with Crippen molar-refractivity contribution in [2.45, 2.75) is 189 Å². The van der Waals surface area contributed by atoms with Crippen molar-refractivity contribution in [1.29, 1.82) is 0 Å². The largest absolute Gasteiger partial charge is 0.472 e. The number of nitrogens with zero attached hydrogens (tertiary/aromatic N) is 5. The van der Waals surface area contributed by atoms with Crippen molar-refractivity contribution in [3.05, 3.63) is 63.9 Å². The van der Waals surface area contributed by atoms with Crippen LogP contribution in [0.3, 0.4) is 0 Å². The number of hydrogen-bond donors (Lipinski definition) is 11. The summed E-state index contributed by atoms with van der Waals surface area (Å²) in [4.78, 5) is 126. The average molecular weight is 1270 g/mol. The lowest BCUT2D eigenvalue weighted by Crippen LogP contribution is -2.56. The topological polar surface area (TPSA) is 460 Å². The number of primary amides is 6. The number of rotatable bonds is 26. The van der Waals surface area contributed by atoms with Gasteiger partial charge >= 0.3 is 7.82 Å². The van der Waals surface area contributed by atoms with Crippen molar-refractivity contribution in [2.24, 2.45) is 94.7 Å². The highest BCUT2D eigenvalue weighted by Crippen LogP contribution is 2.63. The minimum Gasteiger partial charge on any atom is -0.394 e. The smallest absolute Gasteiger partial charge is 0.394 e. The second kappa shape index (κ2) is 25.6. The third kappa shape index (κ3) is 13.0. The maximum atomic E-state index is 14.4. The Hall–Kier alpha value is -7.00. The molecule has 17 N–H and O–H groups in total. The van der Waals surface area contributed by atoms with Gasteiger partial charge in [-0.15, -0.1) is 0 Å². The fourth-order valence-electron chi connectivity index (χ4n) is 15.4. The number of aliphatic hydroxyl groups is 2. The number of carbonyl (C=O) groups is 7. The molecule has 1 aromatic carbocycles. The molecule has 1 aromatic heterocycles. The third-order valence-electron chi connectivity index (χ3n) is 20.6. The Morgan fingerprint density at radius 3 is 1.99 bits per heavy atom. The number of aliphatic imine (C=N–C) groups is 3. The Bertz CT molecular complexity index is 3540. The number of carbonyl (C=O) groups excluding carboxylic acids is 7. The number of aryl methyl sites for hydroxylation is 2. The lowest BCUT2D eigenvalue weighted by molar-refractivity contribution is -0.124. The van der Waals surface area contributed by atoms with E-state index in [0.717, 1.165) is 11.1 Å². The van der Waals surface area contributed by atoms with Crippen LogP contribution in [0.2, 0.25) is 0 Å². The summed E-state index contributed by atoms with van der Waals surface area (Å²) in [6.45, 7) is 19.3. The van der Waals surface area contributed by atoms with Crippen molar-refractivity contribution in [2.75, 3.05) is 13.2 Å². The predicted octanol–water partition coefficient (Wildman–Crippen LogP) is 3.16. The van der Waals surface area contributed by atoms with Gasteiger partial charge in [-0.3, -0.25) is 57.6 Å². The van der Waals surface area contributed by atoms with Crippen LogP contribution < -0.4 is 45.0 Å². The highest BCUT2D eigenvalue weighted by atomic mass is 31.2. The Kier molecular flexibility index (Phi) is 19.6. The number of benzene rings is 1. The molecule has 28 heteroatoms. The second-order valence-electron chi connectivity index (χ2n) is 27.1. The molecule has 0 aliphatic carbocycles. The molecule has 2 fully saturated rings.